The number of nitrogen functional groups attached to an aromatic ring is 1. The van der Waals surface area contributed by atoms with Crippen LogP contribution >= 0.6 is 0 Å². The first-order valence-corrected chi connectivity index (χ1v) is 14.2. The Kier molecular flexibility index (Phi) is 9.40. The van der Waals surface area contributed by atoms with E-state index in [2.05, 4.69) is 4.90 Å². The summed E-state index contributed by atoms with van der Waals surface area (Å²) in [4.78, 5) is 15.7. The summed E-state index contributed by atoms with van der Waals surface area (Å²) < 4.78 is 42.6. The molecule has 4 rings (SSSR count). The third-order valence-corrected chi connectivity index (χ3v) is 7.02. The van der Waals surface area contributed by atoms with E-state index in [0.29, 0.717) is 74.0 Å². The highest BCUT2D eigenvalue weighted by molar-refractivity contribution is 6.03. The monoisotopic (exact) mass is 558 g/mol. The SMILES string of the molecule is CCOc1cc2c(c(OCC)c1OCC)C(C1OC(=O)c3c(N)c(OCC)c(OCC)c(OCC)c31)N(C)CC2. The van der Waals surface area contributed by atoms with Crippen molar-refractivity contribution >= 4 is 11.7 Å². The van der Waals surface area contributed by atoms with Crippen molar-refractivity contribution in [2.45, 2.75) is 60.1 Å². The van der Waals surface area contributed by atoms with Gasteiger partial charge in [0, 0.05) is 12.1 Å². The molecule has 2 aliphatic heterocycles. The molecule has 0 radical (unpaired) electrons. The minimum absolute atomic E-state index is 0.182. The van der Waals surface area contributed by atoms with Crippen molar-refractivity contribution in [3.63, 3.8) is 0 Å². The van der Waals surface area contributed by atoms with Gasteiger partial charge in [0.1, 0.15) is 0 Å². The second-order valence-electron chi connectivity index (χ2n) is 9.39. The average Bonchev–Trinajstić information content (AvgIpc) is 3.27. The molecule has 2 heterocycles. The molecule has 0 fully saturated rings. The number of esters is 1. The van der Waals surface area contributed by atoms with E-state index in [-0.39, 0.29) is 17.0 Å². The number of fused-ring (bicyclic) bond motifs is 2. The van der Waals surface area contributed by atoms with Gasteiger partial charge >= 0.3 is 5.97 Å². The van der Waals surface area contributed by atoms with E-state index in [9.17, 15) is 4.79 Å². The second kappa shape index (κ2) is 12.8. The van der Waals surface area contributed by atoms with Gasteiger partial charge in [-0.3, -0.25) is 4.90 Å². The van der Waals surface area contributed by atoms with Crippen LogP contribution in [0.3, 0.4) is 0 Å². The van der Waals surface area contributed by atoms with Crippen LogP contribution < -0.4 is 34.2 Å². The zero-order chi connectivity index (χ0) is 29.0. The van der Waals surface area contributed by atoms with E-state index >= 15 is 0 Å². The average molecular weight is 559 g/mol. The fraction of sp³-hybridized carbons (Fsp3) is 0.567. The molecule has 0 amide bonds. The lowest BCUT2D eigenvalue weighted by Crippen LogP contribution is -2.36. The molecule has 10 heteroatoms. The van der Waals surface area contributed by atoms with Crippen molar-refractivity contribution in [3.8, 4) is 34.5 Å². The lowest BCUT2D eigenvalue weighted by molar-refractivity contribution is 0.00795. The summed E-state index contributed by atoms with van der Waals surface area (Å²) in [5.74, 6) is 2.30. The highest BCUT2D eigenvalue weighted by atomic mass is 16.6. The lowest BCUT2D eigenvalue weighted by atomic mass is 9.84. The largest absolute Gasteiger partial charge is 0.490 e. The molecule has 0 spiro atoms. The predicted molar refractivity (Wildman–Crippen MR) is 152 cm³/mol. The number of cyclic esters (lactones) is 1. The first kappa shape index (κ1) is 29.5. The molecule has 0 saturated carbocycles. The van der Waals surface area contributed by atoms with E-state index in [1.165, 1.54) is 0 Å². The minimum Gasteiger partial charge on any atom is -0.490 e. The van der Waals surface area contributed by atoms with Crippen LogP contribution in [0.15, 0.2) is 6.07 Å². The lowest BCUT2D eigenvalue weighted by Gasteiger charge is -2.39. The summed E-state index contributed by atoms with van der Waals surface area (Å²) in [5.41, 5.74) is 9.50. The van der Waals surface area contributed by atoms with Crippen LogP contribution in [0.5, 0.6) is 34.5 Å². The first-order chi connectivity index (χ1) is 19.4. The zero-order valence-corrected chi connectivity index (χ0v) is 24.7. The number of benzene rings is 2. The molecular formula is C30H42N2O8. The topological polar surface area (TPSA) is 111 Å². The maximum absolute atomic E-state index is 13.5. The molecule has 0 saturated heterocycles. The van der Waals surface area contributed by atoms with Crippen LogP contribution in [-0.4, -0.2) is 64.1 Å². The van der Waals surface area contributed by atoms with Gasteiger partial charge in [-0.05, 0) is 66.6 Å². The summed E-state index contributed by atoms with van der Waals surface area (Å²) in [5, 5.41) is 0. The van der Waals surface area contributed by atoms with Crippen molar-refractivity contribution in [1.29, 1.82) is 0 Å². The van der Waals surface area contributed by atoms with Crippen molar-refractivity contribution in [3.05, 3.63) is 28.3 Å². The maximum Gasteiger partial charge on any atom is 0.341 e. The van der Waals surface area contributed by atoms with Gasteiger partial charge in [0.2, 0.25) is 11.5 Å². The third kappa shape index (κ3) is 5.05. The quantitative estimate of drug-likeness (QED) is 0.263. The number of carbonyl (C=O) groups excluding carboxylic acids is 1. The molecule has 2 aromatic rings. The molecule has 0 aromatic heterocycles. The smallest absolute Gasteiger partial charge is 0.341 e. The molecule has 2 N–H and O–H groups in total. The Labute approximate surface area is 236 Å². The Hall–Kier alpha value is -3.53. The highest BCUT2D eigenvalue weighted by Crippen LogP contribution is 2.59. The molecule has 0 bridgehead atoms. The number of rotatable bonds is 13. The van der Waals surface area contributed by atoms with E-state index in [1.807, 2.05) is 54.7 Å². The number of nitrogens with zero attached hydrogens (tertiary/aromatic N) is 1. The van der Waals surface area contributed by atoms with Crippen LogP contribution in [0.25, 0.3) is 0 Å². The Morgan fingerprint density at radius 1 is 0.775 bits per heavy atom. The summed E-state index contributed by atoms with van der Waals surface area (Å²) in [6, 6.07) is 1.60. The van der Waals surface area contributed by atoms with Crippen LogP contribution in [-0.2, 0) is 11.2 Å². The van der Waals surface area contributed by atoms with Gasteiger partial charge in [0.15, 0.2) is 29.1 Å². The number of carbonyl (C=O) groups is 1. The van der Waals surface area contributed by atoms with Crippen LogP contribution in [0, 0.1) is 0 Å². The number of ether oxygens (including phenoxy) is 7. The van der Waals surface area contributed by atoms with Crippen molar-refractivity contribution in [1.82, 2.24) is 4.90 Å². The number of hydrogen-bond acceptors (Lipinski definition) is 10. The molecule has 2 unspecified atom stereocenters. The van der Waals surface area contributed by atoms with Crippen molar-refractivity contribution in [2.75, 3.05) is 59.0 Å². The van der Waals surface area contributed by atoms with Gasteiger partial charge < -0.3 is 38.9 Å². The van der Waals surface area contributed by atoms with Gasteiger partial charge in [-0.1, -0.05) is 0 Å². The second-order valence-corrected chi connectivity index (χ2v) is 9.39. The van der Waals surface area contributed by atoms with Crippen LogP contribution in [0.1, 0.15) is 80.7 Å². The van der Waals surface area contributed by atoms with Crippen LogP contribution in [0.2, 0.25) is 0 Å². The number of nitrogens with two attached hydrogens (primary N) is 1. The zero-order valence-electron chi connectivity index (χ0n) is 24.7. The van der Waals surface area contributed by atoms with Crippen molar-refractivity contribution < 1.29 is 38.0 Å². The van der Waals surface area contributed by atoms with Gasteiger partial charge in [-0.15, -0.1) is 0 Å². The third-order valence-electron chi connectivity index (χ3n) is 7.02. The summed E-state index contributed by atoms with van der Waals surface area (Å²) in [6.45, 7) is 14.5. The maximum atomic E-state index is 13.5. The summed E-state index contributed by atoms with van der Waals surface area (Å²) in [6.07, 6.45) is 0.00740. The molecule has 10 nitrogen and oxygen atoms in total. The van der Waals surface area contributed by atoms with Gasteiger partial charge in [0.25, 0.3) is 0 Å². The highest BCUT2D eigenvalue weighted by Gasteiger charge is 2.48. The summed E-state index contributed by atoms with van der Waals surface area (Å²) in [7, 11) is 2.01. The van der Waals surface area contributed by atoms with E-state index < -0.39 is 18.1 Å². The minimum atomic E-state index is -0.753. The molecule has 40 heavy (non-hydrogen) atoms. The Bertz CT molecular complexity index is 1230. The Morgan fingerprint density at radius 3 is 1.90 bits per heavy atom. The van der Waals surface area contributed by atoms with E-state index in [1.54, 1.807) is 0 Å². The van der Waals surface area contributed by atoms with Gasteiger partial charge in [-0.2, -0.15) is 0 Å². The number of likely N-dealkylation sites (N-methyl/N-ethyl adjacent to an activating group) is 1. The molecule has 0 aliphatic carbocycles. The molecule has 2 aliphatic rings. The van der Waals surface area contributed by atoms with E-state index in [0.717, 1.165) is 24.1 Å². The van der Waals surface area contributed by atoms with Gasteiger partial charge in [-0.25, -0.2) is 4.79 Å². The van der Waals surface area contributed by atoms with Gasteiger partial charge in [0.05, 0.1) is 62.5 Å². The van der Waals surface area contributed by atoms with Crippen LogP contribution in [0.4, 0.5) is 5.69 Å². The van der Waals surface area contributed by atoms with Crippen molar-refractivity contribution in [2.24, 2.45) is 0 Å². The number of hydrogen-bond donors (Lipinski definition) is 1. The standard InChI is InChI=1S/C30H42N2O8/c1-8-34-18-16-17-14-15-32(7)23(19(17)26(36-10-3)24(18)35-9-2)25-21-20(30(33)40-25)22(31)28(38-12-5)29(39-13-6)27(21)37-11-4/h16,23,25H,8-15,31H2,1-7H3. The normalized spacial score (nSPS) is 18.0. The fourth-order valence-corrected chi connectivity index (χ4v) is 5.60. The molecule has 2 atom stereocenters. The fourth-order valence-electron chi connectivity index (χ4n) is 5.60. The molecule has 2 aromatic carbocycles. The van der Waals surface area contributed by atoms with E-state index in [4.69, 9.17) is 38.9 Å². The Morgan fingerprint density at radius 2 is 1.30 bits per heavy atom. The first-order valence-electron chi connectivity index (χ1n) is 14.2. The molecule has 220 valence electrons. The Balaban J connectivity index is 2.02. The summed E-state index contributed by atoms with van der Waals surface area (Å²) >= 11 is 0. The predicted octanol–water partition coefficient (Wildman–Crippen LogP) is 5.10. The molecular weight excluding hydrogens is 516 g/mol. The number of anilines is 1.